The van der Waals surface area contributed by atoms with Crippen LogP contribution in [0, 0.1) is 12.8 Å². The summed E-state index contributed by atoms with van der Waals surface area (Å²) in [4.78, 5) is 76.8. The molecule has 2 unspecified atom stereocenters. The number of aromatic nitrogens is 1. The Balaban J connectivity index is 0.000000989. The number of carboxylic acid groups (broad SMARTS) is 1. The molecule has 1 heterocycles. The van der Waals surface area contributed by atoms with Crippen LogP contribution in [0.5, 0.6) is 0 Å². The fourth-order valence-corrected chi connectivity index (χ4v) is 6.15. The molecule has 15 heteroatoms. The summed E-state index contributed by atoms with van der Waals surface area (Å²) in [5.74, 6) is -1.92. The van der Waals surface area contributed by atoms with Gasteiger partial charge in [-0.05, 0) is 86.8 Å². The van der Waals surface area contributed by atoms with E-state index in [2.05, 4.69) is 62.0 Å². The molecule has 0 spiro atoms. The molecule has 320 valence electrons. The molecule has 0 aliphatic heterocycles. The van der Waals surface area contributed by atoms with Gasteiger partial charge in [0.25, 0.3) is 5.91 Å². The van der Waals surface area contributed by atoms with Crippen LogP contribution in [0.25, 0.3) is 10.9 Å². The molecular weight excluding hydrogens is 759 g/mol. The average Bonchev–Trinajstić information content (AvgIpc) is 3.58. The summed E-state index contributed by atoms with van der Waals surface area (Å²) in [6, 6.07) is 13.4. The second-order valence-corrected chi connectivity index (χ2v) is 15.8. The molecule has 2 atom stereocenters. The first kappa shape index (κ1) is 49.3. The largest absolute Gasteiger partial charge is 0.480 e. The van der Waals surface area contributed by atoms with Crippen LogP contribution >= 0.6 is 11.8 Å². The molecule has 2 aromatic carbocycles. The minimum Gasteiger partial charge on any atom is -0.480 e. The minimum absolute atomic E-state index is 0.0471. The fourth-order valence-electron chi connectivity index (χ4n) is 5.68. The molecule has 14 nitrogen and oxygen atoms in total. The van der Waals surface area contributed by atoms with Gasteiger partial charge in [-0.15, -0.1) is 0 Å². The van der Waals surface area contributed by atoms with E-state index in [-0.39, 0.29) is 24.2 Å². The van der Waals surface area contributed by atoms with Gasteiger partial charge in [0.15, 0.2) is 0 Å². The van der Waals surface area contributed by atoms with Crippen molar-refractivity contribution in [1.29, 1.82) is 0 Å². The van der Waals surface area contributed by atoms with E-state index in [1.165, 1.54) is 28.2 Å². The monoisotopic (exact) mass is 823 g/mol. The van der Waals surface area contributed by atoms with Crippen molar-refractivity contribution < 1.29 is 33.9 Å². The first-order chi connectivity index (χ1) is 27.7. The van der Waals surface area contributed by atoms with Gasteiger partial charge in [0.2, 0.25) is 11.8 Å². The number of hydrogen-bond donors (Lipinski definition) is 8. The zero-order chi connectivity index (χ0) is 42.9. The number of ketones is 1. The van der Waals surface area contributed by atoms with Gasteiger partial charge in [-0.25, -0.2) is 9.59 Å². The van der Waals surface area contributed by atoms with Gasteiger partial charge in [0.05, 0.1) is 6.54 Å². The number of rotatable bonds is 25. The van der Waals surface area contributed by atoms with E-state index in [1.807, 2.05) is 58.3 Å². The molecule has 58 heavy (non-hydrogen) atoms. The Morgan fingerprint density at radius 3 is 2.07 bits per heavy atom. The Morgan fingerprint density at radius 1 is 0.776 bits per heavy atom. The van der Waals surface area contributed by atoms with Crippen molar-refractivity contribution in [2.24, 2.45) is 5.92 Å². The number of aromatic amines is 1. The summed E-state index contributed by atoms with van der Waals surface area (Å²) in [7, 11) is 0. The van der Waals surface area contributed by atoms with Crippen molar-refractivity contribution in [3.63, 3.8) is 0 Å². The SMILES string of the molecule is CSCCC(NC(=O)c1ccc(CNC(C)C)cc1)C(=O)NCC(=O)NC(CCCCNC(=O)NCCCCCC(=O)C(C)C)C(=O)O.Cc1c[nH]c2ccccc12. The number of carbonyl (C=O) groups is 6. The van der Waals surface area contributed by atoms with Gasteiger partial charge in [0, 0.05) is 60.7 Å². The Hall–Kier alpha value is -4.89. The number of carbonyl (C=O) groups excluding carboxylic acids is 5. The third kappa shape index (κ3) is 20.0. The highest BCUT2D eigenvalue weighted by atomic mass is 32.2. The molecule has 1 aromatic heterocycles. The number of nitrogens with one attached hydrogen (secondary N) is 7. The maximum Gasteiger partial charge on any atom is 0.326 e. The summed E-state index contributed by atoms with van der Waals surface area (Å²) in [5.41, 5.74) is 3.97. The van der Waals surface area contributed by atoms with Gasteiger partial charge in [-0.3, -0.25) is 19.2 Å². The van der Waals surface area contributed by atoms with Crippen LogP contribution in [0.4, 0.5) is 4.79 Å². The molecule has 8 N–H and O–H groups in total. The molecule has 0 aliphatic carbocycles. The van der Waals surface area contributed by atoms with Crippen LogP contribution in [0.3, 0.4) is 0 Å². The third-order valence-electron chi connectivity index (χ3n) is 9.25. The number of aliphatic carboxylic acids is 1. The molecule has 0 saturated heterocycles. The number of benzene rings is 2. The minimum atomic E-state index is -1.20. The van der Waals surface area contributed by atoms with E-state index < -0.39 is 42.3 Å². The number of fused-ring (bicyclic) bond motifs is 1. The maximum atomic E-state index is 12.9. The number of amides is 5. The Labute approximate surface area is 347 Å². The number of H-pyrrole nitrogens is 1. The topological polar surface area (TPSA) is 211 Å². The van der Waals surface area contributed by atoms with Crippen LogP contribution in [-0.4, -0.2) is 95.4 Å². The zero-order valence-electron chi connectivity index (χ0n) is 35.0. The fraction of sp³-hybridized carbons (Fsp3) is 0.535. The van der Waals surface area contributed by atoms with E-state index in [1.54, 1.807) is 12.1 Å². The number of Topliss-reactive ketones (excluding diaryl/α,β-unsaturated/α-hetero) is 1. The average molecular weight is 824 g/mol. The van der Waals surface area contributed by atoms with Gasteiger partial charge in [0.1, 0.15) is 17.9 Å². The number of thioether (sulfide) groups is 1. The number of unbranched alkanes of at least 4 members (excludes halogenated alkanes) is 3. The van der Waals surface area contributed by atoms with Gasteiger partial charge < -0.3 is 42.0 Å². The highest BCUT2D eigenvalue weighted by molar-refractivity contribution is 7.98. The highest BCUT2D eigenvalue weighted by Crippen LogP contribution is 2.15. The molecular formula is C43H65N7O7S. The van der Waals surface area contributed by atoms with Crippen molar-refractivity contribution in [1.82, 2.24) is 36.9 Å². The first-order valence-electron chi connectivity index (χ1n) is 20.2. The van der Waals surface area contributed by atoms with Crippen molar-refractivity contribution in [3.05, 3.63) is 71.4 Å². The first-order valence-corrected chi connectivity index (χ1v) is 21.6. The Bertz CT molecular complexity index is 1730. The molecule has 0 aliphatic rings. The number of aryl methyl sites for hydroxylation is 1. The highest BCUT2D eigenvalue weighted by Gasteiger charge is 2.24. The standard InChI is InChI=1S/C34H56N6O7S.C9H9N/c1-23(2)29(41)12-7-6-9-18-35-34(47)36-19-10-8-11-28(33(45)46)39-30(42)22-38-32(44)27(17-20-48-5)40-31(43)26-15-13-25(14-16-26)21-37-24(3)4;1-7-6-10-9-5-3-2-4-8(7)9/h13-16,23-24,27-28,37H,6-12,17-22H2,1-5H3,(H,38,44)(H,39,42)(H,40,43)(H,45,46)(H2,35,36,47);2-6,10H,1H3. The smallest absolute Gasteiger partial charge is 0.326 e. The van der Waals surface area contributed by atoms with Crippen molar-refractivity contribution in [2.75, 3.05) is 31.6 Å². The van der Waals surface area contributed by atoms with E-state index in [0.29, 0.717) is 62.7 Å². The lowest BCUT2D eigenvalue weighted by Gasteiger charge is -2.19. The predicted molar refractivity (Wildman–Crippen MR) is 232 cm³/mol. The summed E-state index contributed by atoms with van der Waals surface area (Å²) in [5, 5.41) is 27.4. The molecule has 0 bridgehead atoms. The number of hydrogen-bond acceptors (Lipinski definition) is 8. The Kier molecular flexibility index (Phi) is 23.5. The lowest BCUT2D eigenvalue weighted by molar-refractivity contribution is -0.142. The quantitative estimate of drug-likeness (QED) is 0.0510. The predicted octanol–water partition coefficient (Wildman–Crippen LogP) is 5.45. The molecule has 0 radical (unpaired) electrons. The molecule has 5 amide bonds. The third-order valence-corrected chi connectivity index (χ3v) is 9.89. The van der Waals surface area contributed by atoms with Crippen LogP contribution in [-0.2, 0) is 25.7 Å². The van der Waals surface area contributed by atoms with Gasteiger partial charge in [-0.1, -0.05) is 64.4 Å². The number of carboxylic acids is 1. The summed E-state index contributed by atoms with van der Waals surface area (Å²) in [6.07, 6.45) is 8.34. The zero-order valence-corrected chi connectivity index (χ0v) is 35.8. The van der Waals surface area contributed by atoms with Gasteiger partial charge >= 0.3 is 12.0 Å². The van der Waals surface area contributed by atoms with Crippen LogP contribution in [0.15, 0.2) is 54.7 Å². The summed E-state index contributed by atoms with van der Waals surface area (Å²) in [6.45, 7) is 11.0. The molecule has 0 saturated carbocycles. The van der Waals surface area contributed by atoms with Crippen molar-refractivity contribution >= 4 is 58.2 Å². The molecule has 3 aromatic rings. The van der Waals surface area contributed by atoms with E-state index in [9.17, 15) is 33.9 Å². The van der Waals surface area contributed by atoms with Gasteiger partial charge in [-0.2, -0.15) is 11.8 Å². The normalized spacial score (nSPS) is 11.9. The lowest BCUT2D eigenvalue weighted by atomic mass is 10.0. The van der Waals surface area contributed by atoms with E-state index in [4.69, 9.17) is 0 Å². The van der Waals surface area contributed by atoms with Crippen molar-refractivity contribution in [2.45, 2.75) is 111 Å². The molecule has 0 fully saturated rings. The Morgan fingerprint density at radius 2 is 1.45 bits per heavy atom. The number of para-hydroxylation sites is 1. The van der Waals surface area contributed by atoms with Crippen molar-refractivity contribution in [3.8, 4) is 0 Å². The summed E-state index contributed by atoms with van der Waals surface area (Å²) < 4.78 is 0. The van der Waals surface area contributed by atoms with E-state index in [0.717, 1.165) is 24.8 Å². The second kappa shape index (κ2) is 27.7. The van der Waals surface area contributed by atoms with Crippen LogP contribution < -0.4 is 31.9 Å². The summed E-state index contributed by atoms with van der Waals surface area (Å²) >= 11 is 1.52. The number of urea groups is 1. The van der Waals surface area contributed by atoms with E-state index >= 15 is 0 Å². The lowest BCUT2D eigenvalue weighted by Crippen LogP contribution is -2.51. The van der Waals surface area contributed by atoms with Crippen LogP contribution in [0.1, 0.15) is 101 Å². The van der Waals surface area contributed by atoms with Crippen LogP contribution in [0.2, 0.25) is 0 Å². The second-order valence-electron chi connectivity index (χ2n) is 14.8. The maximum absolute atomic E-state index is 12.9. The molecule has 3 rings (SSSR count).